The molecule has 0 bridgehead atoms. The number of nitrogens with one attached hydrogen (secondary N) is 1. The highest BCUT2D eigenvalue weighted by Crippen LogP contribution is 2.46. The van der Waals surface area contributed by atoms with E-state index in [1.54, 1.807) is 28.6 Å². The number of rotatable bonds is 7. The molecular weight excluding hydrogens is 520 g/mol. The Balaban J connectivity index is 1.20. The predicted molar refractivity (Wildman–Crippen MR) is 151 cm³/mol. The van der Waals surface area contributed by atoms with Crippen molar-refractivity contribution in [3.63, 3.8) is 0 Å². The second-order valence-corrected chi connectivity index (χ2v) is 13.9. The maximum absolute atomic E-state index is 13.6. The maximum atomic E-state index is 13.6. The van der Waals surface area contributed by atoms with Gasteiger partial charge in [-0.05, 0) is 95.3 Å². The number of ether oxygens (including phenoxy) is 1. The van der Waals surface area contributed by atoms with E-state index in [0.29, 0.717) is 29.7 Å². The molecule has 8 nitrogen and oxygen atoms in total. The third kappa shape index (κ3) is 5.59. The monoisotopic (exact) mass is 556 g/mol. The van der Waals surface area contributed by atoms with Gasteiger partial charge in [0.1, 0.15) is 5.75 Å². The zero-order valence-corrected chi connectivity index (χ0v) is 23.9. The van der Waals surface area contributed by atoms with Crippen LogP contribution in [0.5, 0.6) is 5.75 Å². The van der Waals surface area contributed by atoms with Crippen LogP contribution in [0, 0.1) is 5.41 Å². The lowest BCUT2D eigenvalue weighted by Gasteiger charge is -2.53. The molecule has 1 spiro atoms. The summed E-state index contributed by atoms with van der Waals surface area (Å²) in [5.41, 5.74) is 0.344. The number of sulfonamides is 1. The summed E-state index contributed by atoms with van der Waals surface area (Å²) in [6.45, 7) is 8.96. The van der Waals surface area contributed by atoms with Crippen molar-refractivity contribution in [2.24, 2.45) is 5.41 Å². The van der Waals surface area contributed by atoms with Crippen LogP contribution < -0.4 is 10.1 Å². The number of amides is 1. The van der Waals surface area contributed by atoms with Crippen LogP contribution in [0.4, 0.5) is 5.13 Å². The van der Waals surface area contributed by atoms with Gasteiger partial charge in [0, 0.05) is 12.1 Å². The molecule has 2 saturated heterocycles. The van der Waals surface area contributed by atoms with Crippen molar-refractivity contribution in [3.8, 4) is 5.75 Å². The second kappa shape index (κ2) is 10.6. The molecule has 3 heterocycles. The van der Waals surface area contributed by atoms with E-state index < -0.39 is 15.6 Å². The molecule has 38 heavy (non-hydrogen) atoms. The molecule has 1 amide bonds. The van der Waals surface area contributed by atoms with Gasteiger partial charge in [0.15, 0.2) is 5.13 Å². The lowest BCUT2D eigenvalue weighted by molar-refractivity contribution is -0.118. The molecule has 2 aromatic carbocycles. The molecule has 3 aromatic rings. The van der Waals surface area contributed by atoms with Gasteiger partial charge < -0.3 is 10.1 Å². The van der Waals surface area contributed by atoms with Crippen molar-refractivity contribution >= 4 is 42.6 Å². The van der Waals surface area contributed by atoms with Crippen LogP contribution in [-0.4, -0.2) is 66.8 Å². The lowest BCUT2D eigenvalue weighted by Crippen LogP contribution is -2.59. The third-order valence-corrected chi connectivity index (χ3v) is 11.0. The Morgan fingerprint density at radius 3 is 2.53 bits per heavy atom. The molecule has 10 heteroatoms. The standard InChI is InChI=1S/C28H36N4O4S2/c1-4-36-21-10-11-23-24(18-21)37-26(29-23)30-25(33)19-31-16-14-28(15-17-31)13-12-27(2,3)32(20-28)38(34,35)22-8-6-5-7-9-22/h5-11,18H,4,12-17,19-20H2,1-3H3,(H,29,30,33). The van der Waals surface area contributed by atoms with E-state index in [-0.39, 0.29) is 11.3 Å². The summed E-state index contributed by atoms with van der Waals surface area (Å²) in [7, 11) is -3.59. The Hall–Kier alpha value is -2.53. The predicted octanol–water partition coefficient (Wildman–Crippen LogP) is 4.98. The summed E-state index contributed by atoms with van der Waals surface area (Å²) in [5, 5.41) is 3.54. The zero-order chi connectivity index (χ0) is 27.0. The number of thiazole rings is 1. The molecule has 0 aliphatic carbocycles. The van der Waals surface area contributed by atoms with E-state index in [2.05, 4.69) is 15.2 Å². The molecule has 5 rings (SSSR count). The van der Waals surface area contributed by atoms with E-state index in [1.807, 2.05) is 45.0 Å². The zero-order valence-electron chi connectivity index (χ0n) is 22.3. The first-order valence-corrected chi connectivity index (χ1v) is 15.5. The normalized spacial score (nSPS) is 20.0. The van der Waals surface area contributed by atoms with Crippen LogP contribution in [0.25, 0.3) is 10.2 Å². The molecule has 0 radical (unpaired) electrons. The Morgan fingerprint density at radius 2 is 1.82 bits per heavy atom. The molecule has 1 aromatic heterocycles. The van der Waals surface area contributed by atoms with Crippen LogP contribution >= 0.6 is 11.3 Å². The number of carbonyl (C=O) groups is 1. The first-order chi connectivity index (χ1) is 18.1. The average molecular weight is 557 g/mol. The van der Waals surface area contributed by atoms with E-state index in [4.69, 9.17) is 4.74 Å². The first kappa shape index (κ1) is 27.1. The second-order valence-electron chi connectivity index (χ2n) is 11.0. The van der Waals surface area contributed by atoms with Crippen molar-refractivity contribution in [1.82, 2.24) is 14.2 Å². The van der Waals surface area contributed by atoms with Gasteiger partial charge in [-0.2, -0.15) is 4.31 Å². The van der Waals surface area contributed by atoms with Crippen molar-refractivity contribution in [2.75, 3.05) is 38.1 Å². The minimum absolute atomic E-state index is 0.0599. The Morgan fingerprint density at radius 1 is 1.08 bits per heavy atom. The van der Waals surface area contributed by atoms with Gasteiger partial charge in [-0.3, -0.25) is 9.69 Å². The molecule has 2 fully saturated rings. The Kier molecular flexibility index (Phi) is 7.52. The van der Waals surface area contributed by atoms with Crippen molar-refractivity contribution in [1.29, 1.82) is 0 Å². The molecule has 0 atom stereocenters. The van der Waals surface area contributed by atoms with Gasteiger partial charge in [-0.25, -0.2) is 13.4 Å². The number of carbonyl (C=O) groups excluding carboxylic acids is 1. The molecule has 0 saturated carbocycles. The summed E-state index contributed by atoms with van der Waals surface area (Å²) in [4.78, 5) is 19.9. The quantitative estimate of drug-likeness (QED) is 0.441. The van der Waals surface area contributed by atoms with Crippen LogP contribution in [0.3, 0.4) is 0 Å². The smallest absolute Gasteiger partial charge is 0.243 e. The van der Waals surface area contributed by atoms with Crippen molar-refractivity contribution in [3.05, 3.63) is 48.5 Å². The van der Waals surface area contributed by atoms with Gasteiger partial charge in [0.05, 0.1) is 28.3 Å². The summed E-state index contributed by atoms with van der Waals surface area (Å²) in [6.07, 6.45) is 3.56. The number of hydrogen-bond donors (Lipinski definition) is 1. The minimum atomic E-state index is -3.59. The van der Waals surface area contributed by atoms with E-state index in [0.717, 1.165) is 54.7 Å². The fraction of sp³-hybridized carbons (Fsp3) is 0.500. The van der Waals surface area contributed by atoms with Gasteiger partial charge in [-0.1, -0.05) is 29.5 Å². The maximum Gasteiger partial charge on any atom is 0.243 e. The highest BCUT2D eigenvalue weighted by atomic mass is 32.2. The van der Waals surface area contributed by atoms with Gasteiger partial charge >= 0.3 is 0 Å². The number of piperidine rings is 2. The van der Waals surface area contributed by atoms with Gasteiger partial charge in [0.2, 0.25) is 15.9 Å². The molecular formula is C28H36N4O4S2. The Bertz CT molecular complexity index is 1400. The van der Waals surface area contributed by atoms with E-state index in [9.17, 15) is 13.2 Å². The van der Waals surface area contributed by atoms with Gasteiger partial charge in [0.25, 0.3) is 0 Å². The highest BCUT2D eigenvalue weighted by molar-refractivity contribution is 7.89. The van der Waals surface area contributed by atoms with E-state index in [1.165, 1.54) is 11.3 Å². The summed E-state index contributed by atoms with van der Waals surface area (Å²) < 4.78 is 35.4. The Labute approximate surface area is 229 Å². The average Bonchev–Trinajstić information content (AvgIpc) is 3.29. The number of likely N-dealkylation sites (tertiary alicyclic amines) is 1. The third-order valence-electron chi connectivity index (χ3n) is 7.95. The highest BCUT2D eigenvalue weighted by Gasteiger charge is 2.49. The number of fused-ring (bicyclic) bond motifs is 1. The molecule has 204 valence electrons. The molecule has 1 N–H and O–H groups in total. The minimum Gasteiger partial charge on any atom is -0.494 e. The number of aromatic nitrogens is 1. The molecule has 2 aliphatic rings. The van der Waals surface area contributed by atoms with Crippen LogP contribution in [0.15, 0.2) is 53.4 Å². The van der Waals surface area contributed by atoms with Crippen LogP contribution in [0.2, 0.25) is 0 Å². The molecule has 2 aliphatic heterocycles. The topological polar surface area (TPSA) is 91.8 Å². The number of hydrogen-bond acceptors (Lipinski definition) is 7. The van der Waals surface area contributed by atoms with Crippen molar-refractivity contribution < 1.29 is 17.9 Å². The lowest BCUT2D eigenvalue weighted by atomic mass is 9.69. The summed E-state index contributed by atoms with van der Waals surface area (Å²) in [6, 6.07) is 14.5. The largest absolute Gasteiger partial charge is 0.494 e. The van der Waals surface area contributed by atoms with E-state index >= 15 is 0 Å². The van der Waals surface area contributed by atoms with Crippen LogP contribution in [0.1, 0.15) is 46.5 Å². The number of benzene rings is 2. The summed E-state index contributed by atoms with van der Waals surface area (Å²) >= 11 is 1.44. The van der Waals surface area contributed by atoms with Gasteiger partial charge in [-0.15, -0.1) is 0 Å². The number of nitrogens with zero attached hydrogens (tertiary/aromatic N) is 3. The van der Waals surface area contributed by atoms with Crippen LogP contribution in [-0.2, 0) is 14.8 Å². The first-order valence-electron chi connectivity index (χ1n) is 13.2. The fourth-order valence-electron chi connectivity index (χ4n) is 5.59. The van der Waals surface area contributed by atoms with Crippen molar-refractivity contribution in [2.45, 2.75) is 56.9 Å². The number of anilines is 1. The fourth-order valence-corrected chi connectivity index (χ4v) is 8.45. The SMILES string of the molecule is CCOc1ccc2nc(NC(=O)CN3CCC4(CC3)CCC(C)(C)N(S(=O)(=O)c3ccccc3)C4)sc2c1. The molecule has 0 unspecified atom stereocenters. The summed E-state index contributed by atoms with van der Waals surface area (Å²) in [5.74, 6) is 0.716.